The van der Waals surface area contributed by atoms with Crippen molar-refractivity contribution in [1.29, 1.82) is 0 Å². The Kier molecular flexibility index (Phi) is 2.63. The quantitative estimate of drug-likeness (QED) is 0.747. The molecule has 2 aromatic rings. The largest absolute Gasteiger partial charge is 0.481 e. The highest BCUT2D eigenvalue weighted by Gasteiger charge is 2.02. The van der Waals surface area contributed by atoms with Crippen molar-refractivity contribution in [3.63, 3.8) is 0 Å². The van der Waals surface area contributed by atoms with Crippen molar-refractivity contribution in [2.45, 2.75) is 6.92 Å². The fourth-order valence-electron chi connectivity index (χ4n) is 1.48. The number of aryl methyl sites for hydroxylation is 1. The Bertz CT molecular complexity index is 454. The van der Waals surface area contributed by atoms with E-state index in [0.717, 1.165) is 16.7 Å². The molecule has 0 amide bonds. The lowest BCUT2D eigenvalue weighted by Gasteiger charge is -2.05. The summed E-state index contributed by atoms with van der Waals surface area (Å²) in [7, 11) is 1.63. The maximum Gasteiger partial charge on any atom is 0.215 e. The van der Waals surface area contributed by atoms with Crippen LogP contribution in [0.3, 0.4) is 0 Å². The van der Waals surface area contributed by atoms with E-state index in [4.69, 9.17) is 4.74 Å². The minimum absolute atomic E-state index is 0.674. The summed E-state index contributed by atoms with van der Waals surface area (Å²) in [5, 5.41) is 0. The third-order valence-electron chi connectivity index (χ3n) is 2.24. The van der Waals surface area contributed by atoms with E-state index >= 15 is 0 Å². The summed E-state index contributed by atoms with van der Waals surface area (Å²) in [6.45, 7) is 1.98. The highest BCUT2D eigenvalue weighted by molar-refractivity contribution is 5.63. The van der Waals surface area contributed by atoms with Crippen LogP contribution in [0.1, 0.15) is 5.56 Å². The molecule has 0 fully saturated rings. The molecule has 0 atom stereocenters. The molecule has 2 aromatic heterocycles. The fourth-order valence-corrected chi connectivity index (χ4v) is 1.48. The predicted octanol–water partition coefficient (Wildman–Crippen LogP) is 2.46. The van der Waals surface area contributed by atoms with E-state index in [0.29, 0.717) is 5.88 Å². The van der Waals surface area contributed by atoms with E-state index in [1.54, 1.807) is 25.7 Å². The lowest BCUT2D eigenvalue weighted by atomic mass is 10.1. The third kappa shape index (κ3) is 1.96. The second-order valence-electron chi connectivity index (χ2n) is 3.29. The first kappa shape index (κ1) is 9.65. The molecular formula is C12H12N2O. The molecule has 0 bridgehead atoms. The Morgan fingerprint density at radius 2 is 1.87 bits per heavy atom. The second-order valence-corrected chi connectivity index (χ2v) is 3.29. The molecule has 3 nitrogen and oxygen atoms in total. The van der Waals surface area contributed by atoms with Gasteiger partial charge in [-0.25, -0.2) is 4.98 Å². The van der Waals surface area contributed by atoms with Gasteiger partial charge in [-0.05, 0) is 30.7 Å². The number of aromatic nitrogens is 2. The zero-order chi connectivity index (χ0) is 10.7. The summed E-state index contributed by atoms with van der Waals surface area (Å²) < 4.78 is 5.11. The molecule has 0 radical (unpaired) electrons. The zero-order valence-corrected chi connectivity index (χ0v) is 8.77. The number of hydrogen-bond acceptors (Lipinski definition) is 3. The third-order valence-corrected chi connectivity index (χ3v) is 2.24. The Balaban J connectivity index is 2.43. The molecule has 0 aromatic carbocycles. The van der Waals surface area contributed by atoms with Crippen molar-refractivity contribution in [1.82, 2.24) is 9.97 Å². The lowest BCUT2D eigenvalue weighted by molar-refractivity contribution is 0.394. The molecule has 0 saturated heterocycles. The monoisotopic (exact) mass is 200 g/mol. The van der Waals surface area contributed by atoms with E-state index in [1.807, 2.05) is 19.1 Å². The van der Waals surface area contributed by atoms with Gasteiger partial charge in [0.05, 0.1) is 7.11 Å². The number of methoxy groups -OCH3 is 1. The molecule has 3 heteroatoms. The molecule has 15 heavy (non-hydrogen) atoms. The molecule has 0 unspecified atom stereocenters. The SMILES string of the molecule is COc1ncc(-c2ccncc2)cc1C. The van der Waals surface area contributed by atoms with Crippen molar-refractivity contribution in [3.8, 4) is 17.0 Å². The molecule has 0 aliphatic heterocycles. The standard InChI is InChI=1S/C12H12N2O/c1-9-7-11(8-14-12(9)15-2)10-3-5-13-6-4-10/h3-8H,1-2H3. The lowest BCUT2D eigenvalue weighted by Crippen LogP contribution is -1.91. The summed E-state index contributed by atoms with van der Waals surface area (Å²) in [6.07, 6.45) is 5.35. The van der Waals surface area contributed by atoms with Crippen molar-refractivity contribution in [3.05, 3.63) is 42.4 Å². The summed E-state index contributed by atoms with van der Waals surface area (Å²) in [5.41, 5.74) is 3.23. The van der Waals surface area contributed by atoms with Gasteiger partial charge in [0.1, 0.15) is 0 Å². The number of rotatable bonds is 2. The maximum atomic E-state index is 5.11. The molecule has 0 saturated carbocycles. The molecular weight excluding hydrogens is 188 g/mol. The van der Waals surface area contributed by atoms with Gasteiger partial charge in [0, 0.05) is 29.7 Å². The smallest absolute Gasteiger partial charge is 0.215 e. The molecule has 2 rings (SSSR count). The van der Waals surface area contributed by atoms with Gasteiger partial charge in [-0.2, -0.15) is 0 Å². The molecule has 0 N–H and O–H groups in total. The van der Waals surface area contributed by atoms with Gasteiger partial charge in [0.15, 0.2) is 0 Å². The highest BCUT2D eigenvalue weighted by atomic mass is 16.5. The van der Waals surface area contributed by atoms with Crippen molar-refractivity contribution < 1.29 is 4.74 Å². The Morgan fingerprint density at radius 3 is 2.47 bits per heavy atom. The summed E-state index contributed by atoms with van der Waals surface area (Å²) in [5.74, 6) is 0.674. The number of hydrogen-bond donors (Lipinski definition) is 0. The van der Waals surface area contributed by atoms with Gasteiger partial charge in [0.2, 0.25) is 5.88 Å². The van der Waals surface area contributed by atoms with Crippen LogP contribution >= 0.6 is 0 Å². The maximum absolute atomic E-state index is 5.11. The van der Waals surface area contributed by atoms with Crippen LogP contribution in [-0.2, 0) is 0 Å². The van der Waals surface area contributed by atoms with E-state index in [2.05, 4.69) is 16.0 Å². The van der Waals surface area contributed by atoms with Gasteiger partial charge >= 0.3 is 0 Å². The highest BCUT2D eigenvalue weighted by Crippen LogP contribution is 2.22. The molecule has 0 aliphatic rings. The summed E-state index contributed by atoms with van der Waals surface area (Å²) in [6, 6.07) is 5.98. The van der Waals surface area contributed by atoms with Crippen molar-refractivity contribution in [2.75, 3.05) is 7.11 Å². The predicted molar refractivity (Wildman–Crippen MR) is 58.8 cm³/mol. The van der Waals surface area contributed by atoms with Crippen LogP contribution in [-0.4, -0.2) is 17.1 Å². The minimum Gasteiger partial charge on any atom is -0.481 e. The van der Waals surface area contributed by atoms with Gasteiger partial charge < -0.3 is 4.74 Å². The average molecular weight is 200 g/mol. The van der Waals surface area contributed by atoms with Crippen LogP contribution < -0.4 is 4.74 Å². The second kappa shape index (κ2) is 4.09. The first-order valence-electron chi connectivity index (χ1n) is 4.72. The van der Waals surface area contributed by atoms with E-state index in [1.165, 1.54) is 0 Å². The molecule has 0 aliphatic carbocycles. The first-order valence-corrected chi connectivity index (χ1v) is 4.72. The van der Waals surface area contributed by atoms with Crippen LogP contribution in [0.25, 0.3) is 11.1 Å². The van der Waals surface area contributed by atoms with Crippen LogP contribution in [0.2, 0.25) is 0 Å². The topological polar surface area (TPSA) is 35.0 Å². The number of nitrogens with zero attached hydrogens (tertiary/aromatic N) is 2. The number of pyridine rings is 2. The Hall–Kier alpha value is -1.90. The summed E-state index contributed by atoms with van der Waals surface area (Å²) in [4.78, 5) is 8.21. The normalized spacial score (nSPS) is 10.0. The first-order chi connectivity index (χ1) is 7.31. The molecule has 0 spiro atoms. The van der Waals surface area contributed by atoms with Gasteiger partial charge in [0.25, 0.3) is 0 Å². The molecule has 76 valence electrons. The van der Waals surface area contributed by atoms with Crippen LogP contribution in [0.15, 0.2) is 36.8 Å². The Labute approximate surface area is 88.8 Å². The molecule has 2 heterocycles. The fraction of sp³-hybridized carbons (Fsp3) is 0.167. The Morgan fingerprint density at radius 1 is 1.13 bits per heavy atom. The van der Waals surface area contributed by atoms with Crippen LogP contribution in [0.4, 0.5) is 0 Å². The van der Waals surface area contributed by atoms with E-state index < -0.39 is 0 Å². The van der Waals surface area contributed by atoms with E-state index in [-0.39, 0.29) is 0 Å². The van der Waals surface area contributed by atoms with Gasteiger partial charge in [-0.3, -0.25) is 4.98 Å². The number of ether oxygens (including phenoxy) is 1. The van der Waals surface area contributed by atoms with Crippen molar-refractivity contribution in [2.24, 2.45) is 0 Å². The van der Waals surface area contributed by atoms with Crippen LogP contribution in [0, 0.1) is 6.92 Å². The van der Waals surface area contributed by atoms with Crippen molar-refractivity contribution >= 4 is 0 Å². The van der Waals surface area contributed by atoms with Gasteiger partial charge in [-0.15, -0.1) is 0 Å². The zero-order valence-electron chi connectivity index (χ0n) is 8.77. The summed E-state index contributed by atoms with van der Waals surface area (Å²) >= 11 is 0. The van der Waals surface area contributed by atoms with E-state index in [9.17, 15) is 0 Å². The van der Waals surface area contributed by atoms with Gasteiger partial charge in [-0.1, -0.05) is 0 Å². The average Bonchev–Trinajstić information content (AvgIpc) is 2.30. The minimum atomic E-state index is 0.674. The van der Waals surface area contributed by atoms with Crippen LogP contribution in [0.5, 0.6) is 5.88 Å².